The summed E-state index contributed by atoms with van der Waals surface area (Å²) >= 11 is 0. The van der Waals surface area contributed by atoms with Gasteiger partial charge in [0.1, 0.15) is 0 Å². The van der Waals surface area contributed by atoms with E-state index >= 15 is 0 Å². The molecule has 102 valence electrons. The normalized spacial score (nSPS) is 12.6. The number of aliphatic hydroxyl groups excluding tert-OH is 1. The van der Waals surface area contributed by atoms with E-state index in [1.165, 1.54) is 0 Å². The Morgan fingerprint density at radius 2 is 2.11 bits per heavy atom. The fourth-order valence-electron chi connectivity index (χ4n) is 2.12. The summed E-state index contributed by atoms with van der Waals surface area (Å²) in [6.45, 7) is 6.92. The summed E-state index contributed by atoms with van der Waals surface area (Å²) in [6, 6.07) is 5.93. The summed E-state index contributed by atoms with van der Waals surface area (Å²) in [5.74, 6) is 0. The third-order valence-corrected chi connectivity index (χ3v) is 3.30. The molecular formula is C15H21N3O. The third kappa shape index (κ3) is 3.20. The Morgan fingerprint density at radius 1 is 1.32 bits per heavy atom. The van der Waals surface area contributed by atoms with E-state index < -0.39 is 6.10 Å². The molecule has 2 aromatic heterocycles. The molecule has 0 spiro atoms. The first-order chi connectivity index (χ1) is 9.13. The molecule has 0 saturated carbocycles. The van der Waals surface area contributed by atoms with Gasteiger partial charge in [-0.1, -0.05) is 13.0 Å². The fraction of sp³-hybridized carbons (Fsp3) is 0.467. The summed E-state index contributed by atoms with van der Waals surface area (Å²) in [4.78, 5) is 4.22. The average Bonchev–Trinajstić information content (AvgIpc) is 2.81. The lowest BCUT2D eigenvalue weighted by molar-refractivity contribution is 0.175. The number of aromatic nitrogens is 3. The molecule has 0 aromatic carbocycles. The van der Waals surface area contributed by atoms with Crippen LogP contribution in [0.25, 0.3) is 0 Å². The molecule has 2 heterocycles. The van der Waals surface area contributed by atoms with Gasteiger partial charge in [-0.3, -0.25) is 9.67 Å². The van der Waals surface area contributed by atoms with E-state index in [9.17, 15) is 5.11 Å². The minimum Gasteiger partial charge on any atom is -0.388 e. The van der Waals surface area contributed by atoms with Crippen molar-refractivity contribution < 1.29 is 5.11 Å². The molecule has 0 radical (unpaired) electrons. The molecule has 0 saturated heterocycles. The maximum atomic E-state index is 10.3. The van der Waals surface area contributed by atoms with Gasteiger partial charge in [-0.05, 0) is 38.0 Å². The molecule has 0 aliphatic rings. The zero-order valence-electron chi connectivity index (χ0n) is 11.8. The molecular weight excluding hydrogens is 238 g/mol. The molecule has 1 unspecified atom stereocenters. The smallest absolute Gasteiger partial charge is 0.0860 e. The molecule has 19 heavy (non-hydrogen) atoms. The van der Waals surface area contributed by atoms with E-state index in [4.69, 9.17) is 0 Å². The second-order valence-electron chi connectivity index (χ2n) is 4.75. The topological polar surface area (TPSA) is 50.9 Å². The Balaban J connectivity index is 2.15. The van der Waals surface area contributed by atoms with Crippen LogP contribution in [-0.4, -0.2) is 19.9 Å². The molecule has 0 aliphatic carbocycles. The summed E-state index contributed by atoms with van der Waals surface area (Å²) in [5.41, 5.74) is 3.97. The third-order valence-electron chi connectivity index (χ3n) is 3.30. The van der Waals surface area contributed by atoms with Crippen molar-refractivity contribution in [3.63, 3.8) is 0 Å². The van der Waals surface area contributed by atoms with Crippen molar-refractivity contribution in [2.24, 2.45) is 0 Å². The summed E-state index contributed by atoms with van der Waals surface area (Å²) in [7, 11) is 0. The molecule has 2 aromatic rings. The van der Waals surface area contributed by atoms with Crippen LogP contribution >= 0.6 is 0 Å². The predicted octanol–water partition coefficient (Wildman–Crippen LogP) is 2.44. The van der Waals surface area contributed by atoms with Crippen LogP contribution in [0.2, 0.25) is 0 Å². The van der Waals surface area contributed by atoms with Gasteiger partial charge in [0.25, 0.3) is 0 Å². The van der Waals surface area contributed by atoms with Crippen LogP contribution in [0.5, 0.6) is 0 Å². The molecule has 2 rings (SSSR count). The van der Waals surface area contributed by atoms with Gasteiger partial charge < -0.3 is 5.11 Å². The van der Waals surface area contributed by atoms with Crippen molar-refractivity contribution >= 4 is 0 Å². The van der Waals surface area contributed by atoms with Gasteiger partial charge in [-0.25, -0.2) is 0 Å². The van der Waals surface area contributed by atoms with Crippen molar-refractivity contribution in [2.45, 2.75) is 46.3 Å². The van der Waals surface area contributed by atoms with Crippen LogP contribution in [0.3, 0.4) is 0 Å². The Morgan fingerprint density at radius 3 is 2.68 bits per heavy atom. The molecule has 0 aliphatic heterocycles. The molecule has 0 amide bonds. The van der Waals surface area contributed by atoms with Crippen LogP contribution in [-0.2, 0) is 19.4 Å². The highest BCUT2D eigenvalue weighted by atomic mass is 16.3. The molecule has 1 atom stereocenters. The number of hydrogen-bond donors (Lipinski definition) is 1. The van der Waals surface area contributed by atoms with E-state index in [1.54, 1.807) is 6.20 Å². The van der Waals surface area contributed by atoms with Crippen molar-refractivity contribution in [3.05, 3.63) is 47.0 Å². The maximum absolute atomic E-state index is 10.3. The van der Waals surface area contributed by atoms with Crippen molar-refractivity contribution in [1.29, 1.82) is 0 Å². The van der Waals surface area contributed by atoms with Crippen molar-refractivity contribution in [2.75, 3.05) is 0 Å². The van der Waals surface area contributed by atoms with E-state index in [-0.39, 0.29) is 0 Å². The summed E-state index contributed by atoms with van der Waals surface area (Å²) in [6.07, 6.45) is 2.71. The molecule has 4 nitrogen and oxygen atoms in total. The van der Waals surface area contributed by atoms with Crippen LogP contribution < -0.4 is 0 Å². The van der Waals surface area contributed by atoms with E-state index in [1.807, 2.05) is 23.7 Å². The Labute approximate surface area is 114 Å². The van der Waals surface area contributed by atoms with Crippen molar-refractivity contribution in [1.82, 2.24) is 14.8 Å². The number of rotatable bonds is 5. The van der Waals surface area contributed by atoms with Gasteiger partial charge in [0.15, 0.2) is 0 Å². The van der Waals surface area contributed by atoms with E-state index in [0.29, 0.717) is 6.42 Å². The molecule has 0 fully saturated rings. The van der Waals surface area contributed by atoms with Crippen LogP contribution in [0, 0.1) is 6.92 Å². The van der Waals surface area contributed by atoms with E-state index in [0.717, 1.165) is 35.6 Å². The second kappa shape index (κ2) is 5.97. The van der Waals surface area contributed by atoms with Gasteiger partial charge in [0.2, 0.25) is 0 Å². The number of aliphatic hydroxyl groups is 1. The lowest BCUT2D eigenvalue weighted by Crippen LogP contribution is -2.08. The van der Waals surface area contributed by atoms with Crippen LogP contribution in [0.15, 0.2) is 24.4 Å². The average molecular weight is 259 g/mol. The van der Waals surface area contributed by atoms with Crippen molar-refractivity contribution in [3.8, 4) is 0 Å². The van der Waals surface area contributed by atoms with Gasteiger partial charge in [0.05, 0.1) is 11.8 Å². The number of aryl methyl sites for hydroxylation is 3. The largest absolute Gasteiger partial charge is 0.388 e. The molecule has 4 heteroatoms. The van der Waals surface area contributed by atoms with Gasteiger partial charge in [-0.2, -0.15) is 5.10 Å². The maximum Gasteiger partial charge on any atom is 0.0860 e. The first-order valence-corrected chi connectivity index (χ1v) is 6.80. The quantitative estimate of drug-likeness (QED) is 0.897. The molecule has 0 bridgehead atoms. The zero-order chi connectivity index (χ0) is 13.8. The minimum atomic E-state index is -0.528. The van der Waals surface area contributed by atoms with E-state index in [2.05, 4.69) is 30.0 Å². The predicted molar refractivity (Wildman–Crippen MR) is 74.9 cm³/mol. The summed E-state index contributed by atoms with van der Waals surface area (Å²) in [5, 5.41) is 14.8. The lowest BCUT2D eigenvalue weighted by Gasteiger charge is -2.11. The second-order valence-corrected chi connectivity index (χ2v) is 4.75. The lowest BCUT2D eigenvalue weighted by atomic mass is 10.1. The zero-order valence-corrected chi connectivity index (χ0v) is 11.8. The number of hydrogen-bond acceptors (Lipinski definition) is 3. The van der Waals surface area contributed by atoms with Gasteiger partial charge in [0, 0.05) is 30.6 Å². The first kappa shape index (κ1) is 13.7. The highest BCUT2D eigenvalue weighted by molar-refractivity contribution is 5.19. The fourth-order valence-corrected chi connectivity index (χ4v) is 2.12. The Hall–Kier alpha value is -1.68. The highest BCUT2D eigenvalue weighted by Gasteiger charge is 2.13. The Kier molecular flexibility index (Phi) is 4.32. The molecule has 1 N–H and O–H groups in total. The van der Waals surface area contributed by atoms with Gasteiger partial charge >= 0.3 is 0 Å². The standard InChI is InChI=1S/C15H21N3O/c1-4-13-8-14(18(5-2)17-13)9-15(19)12-7-6-11(3)16-10-12/h6-8,10,15,19H,4-5,9H2,1-3H3. The Bertz CT molecular complexity index is 531. The van der Waals surface area contributed by atoms with Crippen LogP contribution in [0.4, 0.5) is 0 Å². The SMILES string of the molecule is CCc1cc(CC(O)c2ccc(C)nc2)n(CC)n1. The van der Waals surface area contributed by atoms with Gasteiger partial charge in [-0.15, -0.1) is 0 Å². The first-order valence-electron chi connectivity index (χ1n) is 6.80. The minimum absolute atomic E-state index is 0.528. The number of pyridine rings is 1. The van der Waals surface area contributed by atoms with Crippen LogP contribution in [0.1, 0.15) is 42.6 Å². The summed E-state index contributed by atoms with van der Waals surface area (Å²) < 4.78 is 1.96. The number of nitrogens with zero attached hydrogens (tertiary/aromatic N) is 3. The highest BCUT2D eigenvalue weighted by Crippen LogP contribution is 2.18. The monoisotopic (exact) mass is 259 g/mol.